The van der Waals surface area contributed by atoms with Crippen molar-refractivity contribution in [2.75, 3.05) is 0 Å². The Morgan fingerprint density at radius 1 is 1.42 bits per heavy atom. The van der Waals surface area contributed by atoms with Crippen molar-refractivity contribution in [1.29, 1.82) is 5.26 Å². The van der Waals surface area contributed by atoms with E-state index in [-0.39, 0.29) is 11.6 Å². The highest BCUT2D eigenvalue weighted by Gasteiger charge is 2.03. The van der Waals surface area contributed by atoms with Crippen molar-refractivity contribution in [2.24, 2.45) is 4.99 Å². The van der Waals surface area contributed by atoms with E-state index in [2.05, 4.69) is 9.98 Å². The highest BCUT2D eigenvalue weighted by Crippen LogP contribution is 1.85. The Morgan fingerprint density at radius 3 is 3.00 bits per heavy atom. The first kappa shape index (κ1) is 6.68. The molecule has 1 aromatic rings. The fourth-order valence-electron chi connectivity index (χ4n) is 0.993. The minimum Gasteiger partial charge on any atom is -0.267 e. The first-order chi connectivity index (χ1) is 5.79. The number of hydrogen-bond acceptors (Lipinski definition) is 3. The summed E-state index contributed by atoms with van der Waals surface area (Å²) in [4.78, 5) is 18.2. The number of fused-ring (bicyclic) bond motifs is 1. The zero-order valence-corrected chi connectivity index (χ0v) is 5.98. The van der Waals surface area contributed by atoms with Crippen LogP contribution in [0.4, 0.5) is 0 Å². The second kappa shape index (κ2) is 2.24. The van der Waals surface area contributed by atoms with E-state index in [0.717, 1.165) is 0 Å². The van der Waals surface area contributed by atoms with Crippen molar-refractivity contribution in [3.05, 3.63) is 28.5 Å². The standard InChI is InChI=1S/C8H3N3O/c9-4-6-2-1-5-3-7(12)11-8(5)10-6/h1-3H. The number of amides is 1. The number of nitrogens with zero attached hydrogens (tertiary/aromatic N) is 3. The predicted octanol–water partition coefficient (Wildman–Crippen LogP) is -1.11. The lowest BCUT2D eigenvalue weighted by atomic mass is 10.3. The molecule has 1 aliphatic heterocycles. The first-order valence-electron chi connectivity index (χ1n) is 3.31. The van der Waals surface area contributed by atoms with Gasteiger partial charge < -0.3 is 0 Å². The van der Waals surface area contributed by atoms with E-state index in [1.54, 1.807) is 12.1 Å². The van der Waals surface area contributed by atoms with Gasteiger partial charge in [0.05, 0.1) is 0 Å². The van der Waals surface area contributed by atoms with Crippen molar-refractivity contribution in [2.45, 2.75) is 0 Å². The second-order valence-electron chi connectivity index (χ2n) is 2.32. The van der Waals surface area contributed by atoms with Gasteiger partial charge in [-0.1, -0.05) is 0 Å². The quantitative estimate of drug-likeness (QED) is 0.479. The molecule has 1 amide bonds. The van der Waals surface area contributed by atoms with Crippen LogP contribution in [0.3, 0.4) is 0 Å². The molecule has 0 bridgehead atoms. The van der Waals surface area contributed by atoms with Crippen LogP contribution in [-0.4, -0.2) is 10.9 Å². The Bertz CT molecular complexity index is 510. The number of carbonyl (C=O) groups is 1. The van der Waals surface area contributed by atoms with Gasteiger partial charge >= 0.3 is 0 Å². The lowest BCUT2D eigenvalue weighted by Gasteiger charge is -1.83. The number of rotatable bonds is 0. The van der Waals surface area contributed by atoms with Gasteiger partial charge in [0, 0.05) is 11.3 Å². The maximum atomic E-state index is 10.8. The molecule has 56 valence electrons. The molecule has 0 N–H and O–H groups in total. The number of aromatic nitrogens is 1. The van der Waals surface area contributed by atoms with Crippen LogP contribution in [0.25, 0.3) is 6.08 Å². The van der Waals surface area contributed by atoms with E-state index in [1.807, 2.05) is 6.07 Å². The molecule has 0 spiro atoms. The van der Waals surface area contributed by atoms with Gasteiger partial charge in [-0.05, 0) is 12.1 Å². The van der Waals surface area contributed by atoms with E-state index < -0.39 is 0 Å². The van der Waals surface area contributed by atoms with Crippen LogP contribution in [-0.2, 0) is 4.79 Å². The Morgan fingerprint density at radius 2 is 2.25 bits per heavy atom. The van der Waals surface area contributed by atoms with E-state index in [0.29, 0.717) is 10.7 Å². The van der Waals surface area contributed by atoms with Crippen LogP contribution < -0.4 is 10.7 Å². The summed E-state index contributed by atoms with van der Waals surface area (Å²) in [6.45, 7) is 0. The number of hydrogen-bond donors (Lipinski definition) is 0. The minimum atomic E-state index is -0.312. The summed E-state index contributed by atoms with van der Waals surface area (Å²) in [5, 5.41) is 9.17. The Kier molecular flexibility index (Phi) is 1.25. The van der Waals surface area contributed by atoms with Gasteiger partial charge in [-0.3, -0.25) is 4.79 Å². The summed E-state index contributed by atoms with van der Waals surface area (Å²) in [5.74, 6) is -0.312. The van der Waals surface area contributed by atoms with Gasteiger partial charge in [0.25, 0.3) is 5.91 Å². The maximum Gasteiger partial charge on any atom is 0.272 e. The summed E-state index contributed by atoms with van der Waals surface area (Å²) in [6.07, 6.45) is 1.39. The monoisotopic (exact) mass is 157 g/mol. The Hall–Kier alpha value is -2.02. The summed E-state index contributed by atoms with van der Waals surface area (Å²) in [7, 11) is 0. The highest BCUT2D eigenvalue weighted by atomic mass is 16.1. The third-order valence-corrected chi connectivity index (χ3v) is 1.51. The topological polar surface area (TPSA) is 66.1 Å². The smallest absolute Gasteiger partial charge is 0.267 e. The lowest BCUT2D eigenvalue weighted by molar-refractivity contribution is -0.112. The van der Waals surface area contributed by atoms with Gasteiger partial charge in [-0.25, -0.2) is 4.98 Å². The molecule has 1 aliphatic rings. The third-order valence-electron chi connectivity index (χ3n) is 1.51. The largest absolute Gasteiger partial charge is 0.272 e. The molecular formula is C8H3N3O. The van der Waals surface area contributed by atoms with Gasteiger partial charge in [0.15, 0.2) is 5.49 Å². The van der Waals surface area contributed by atoms with Gasteiger partial charge in [0.1, 0.15) is 11.8 Å². The minimum absolute atomic E-state index is 0.278. The first-order valence-corrected chi connectivity index (χ1v) is 3.31. The molecule has 0 aromatic carbocycles. The zero-order chi connectivity index (χ0) is 8.55. The molecule has 0 aliphatic carbocycles. The molecule has 0 radical (unpaired) electrons. The molecule has 12 heavy (non-hydrogen) atoms. The van der Waals surface area contributed by atoms with Crippen molar-refractivity contribution in [3.8, 4) is 6.07 Å². The molecular weight excluding hydrogens is 154 g/mol. The Labute approximate surface area is 67.5 Å². The van der Waals surface area contributed by atoms with Crippen LogP contribution in [0, 0.1) is 11.3 Å². The van der Waals surface area contributed by atoms with Crippen LogP contribution in [0.2, 0.25) is 0 Å². The average Bonchev–Trinajstić information content (AvgIpc) is 2.43. The molecule has 0 saturated heterocycles. The van der Waals surface area contributed by atoms with E-state index in [1.165, 1.54) is 6.08 Å². The van der Waals surface area contributed by atoms with E-state index in [9.17, 15) is 4.79 Å². The normalized spacial score (nSPS) is 12.8. The number of carbonyl (C=O) groups excluding carboxylic acids is 1. The molecule has 0 atom stereocenters. The zero-order valence-electron chi connectivity index (χ0n) is 5.98. The van der Waals surface area contributed by atoms with Crippen molar-refractivity contribution >= 4 is 12.0 Å². The molecule has 2 heterocycles. The van der Waals surface area contributed by atoms with E-state index in [4.69, 9.17) is 5.26 Å². The second-order valence-corrected chi connectivity index (χ2v) is 2.32. The highest BCUT2D eigenvalue weighted by molar-refractivity contribution is 6.06. The Balaban J connectivity index is 2.83. The van der Waals surface area contributed by atoms with E-state index >= 15 is 0 Å². The lowest BCUT2D eigenvalue weighted by Crippen LogP contribution is -2.25. The number of pyridine rings is 1. The summed E-state index contributed by atoms with van der Waals surface area (Å²) < 4.78 is 0. The van der Waals surface area contributed by atoms with Crippen LogP contribution in [0.1, 0.15) is 5.69 Å². The molecule has 0 unspecified atom stereocenters. The molecule has 1 aromatic heterocycles. The average molecular weight is 157 g/mol. The van der Waals surface area contributed by atoms with Crippen LogP contribution in [0.15, 0.2) is 17.1 Å². The molecule has 4 nitrogen and oxygen atoms in total. The SMILES string of the molecule is N#Cc1ccc2c(n1)=NC(=O)C=2. The third kappa shape index (κ3) is 0.883. The molecule has 4 heteroatoms. The summed E-state index contributed by atoms with van der Waals surface area (Å²) in [6, 6.07) is 5.10. The molecule has 0 saturated carbocycles. The number of nitriles is 1. The fourth-order valence-corrected chi connectivity index (χ4v) is 0.993. The van der Waals surface area contributed by atoms with Gasteiger partial charge in [-0.15, -0.1) is 0 Å². The predicted molar refractivity (Wildman–Crippen MR) is 39.2 cm³/mol. The summed E-state index contributed by atoms with van der Waals surface area (Å²) in [5.41, 5.74) is 0.625. The molecule has 2 rings (SSSR count). The summed E-state index contributed by atoms with van der Waals surface area (Å²) >= 11 is 0. The van der Waals surface area contributed by atoms with Gasteiger partial charge in [-0.2, -0.15) is 10.3 Å². The fraction of sp³-hybridized carbons (Fsp3) is 0. The van der Waals surface area contributed by atoms with Crippen LogP contribution >= 0.6 is 0 Å². The van der Waals surface area contributed by atoms with Crippen molar-refractivity contribution in [1.82, 2.24) is 4.98 Å². The van der Waals surface area contributed by atoms with Crippen LogP contribution in [0.5, 0.6) is 0 Å². The maximum absolute atomic E-state index is 10.8. The van der Waals surface area contributed by atoms with Crippen molar-refractivity contribution < 1.29 is 4.79 Å². The van der Waals surface area contributed by atoms with Gasteiger partial charge in [0.2, 0.25) is 0 Å². The van der Waals surface area contributed by atoms with Crippen molar-refractivity contribution in [3.63, 3.8) is 0 Å². The molecule has 0 fully saturated rings.